The van der Waals surface area contributed by atoms with Gasteiger partial charge in [-0.15, -0.1) is 0 Å². The maximum Gasteiger partial charge on any atom is 0.322 e. The number of nitrogens with zero attached hydrogens (tertiary/aromatic N) is 1. The first-order valence-electron chi connectivity index (χ1n) is 10.1. The van der Waals surface area contributed by atoms with Gasteiger partial charge in [0.25, 0.3) is 0 Å². The Labute approximate surface area is 182 Å². The van der Waals surface area contributed by atoms with E-state index in [0.29, 0.717) is 11.4 Å². The highest BCUT2D eigenvalue weighted by molar-refractivity contribution is 7.87. The molecule has 0 fully saturated rings. The van der Waals surface area contributed by atoms with Crippen molar-refractivity contribution in [1.82, 2.24) is 4.90 Å². The highest BCUT2D eigenvalue weighted by Gasteiger charge is 2.17. The number of hydrogen-bond donors (Lipinski definition) is 1. The summed E-state index contributed by atoms with van der Waals surface area (Å²) in [5, 5.41) is 2.93. The molecule has 0 bridgehead atoms. The van der Waals surface area contributed by atoms with Crippen LogP contribution in [0.5, 0.6) is 5.75 Å². The highest BCUT2D eigenvalue weighted by atomic mass is 32.2. The summed E-state index contributed by atoms with van der Waals surface area (Å²) in [7, 11) is -3.63. The molecule has 3 aromatic rings. The van der Waals surface area contributed by atoms with E-state index >= 15 is 0 Å². The Hall–Kier alpha value is -3.26. The predicted molar refractivity (Wildman–Crippen MR) is 119 cm³/mol. The normalized spacial score (nSPS) is 11.2. The van der Waals surface area contributed by atoms with E-state index in [0.717, 1.165) is 17.5 Å². The number of urea groups is 1. The number of benzene rings is 2. The van der Waals surface area contributed by atoms with Gasteiger partial charge in [0.2, 0.25) is 0 Å². The molecular weight excluding hydrogens is 416 g/mol. The van der Waals surface area contributed by atoms with Crippen LogP contribution in [0.25, 0.3) is 0 Å². The SMILES string of the molecule is CCc1cccc(NC(=O)N(Cc2cccc(OS(=O)(=O)CC)c2)Cc2ccco2)c1. The number of carbonyl (C=O) groups excluding carboxylic acids is 1. The van der Waals surface area contributed by atoms with Crippen molar-refractivity contribution >= 4 is 21.8 Å². The van der Waals surface area contributed by atoms with E-state index in [4.69, 9.17) is 8.60 Å². The number of hydrogen-bond acceptors (Lipinski definition) is 5. The Kier molecular flexibility index (Phi) is 7.36. The van der Waals surface area contributed by atoms with Crippen LogP contribution in [0, 0.1) is 0 Å². The fraction of sp³-hybridized carbons (Fsp3) is 0.261. The van der Waals surface area contributed by atoms with Gasteiger partial charge < -0.3 is 18.8 Å². The first-order valence-corrected chi connectivity index (χ1v) is 11.6. The summed E-state index contributed by atoms with van der Waals surface area (Å²) in [6.45, 7) is 4.06. The fourth-order valence-corrected chi connectivity index (χ4v) is 3.50. The predicted octanol–water partition coefficient (Wildman–Crippen LogP) is 4.80. The largest absolute Gasteiger partial charge is 0.467 e. The maximum atomic E-state index is 13.0. The van der Waals surface area contributed by atoms with E-state index in [1.54, 1.807) is 41.5 Å². The molecule has 0 saturated carbocycles. The van der Waals surface area contributed by atoms with Crippen molar-refractivity contribution < 1.29 is 21.8 Å². The lowest BCUT2D eigenvalue weighted by atomic mass is 10.1. The molecular formula is C23H26N2O5S. The minimum atomic E-state index is -3.63. The van der Waals surface area contributed by atoms with Crippen LogP contribution in [0.1, 0.15) is 30.7 Å². The topological polar surface area (TPSA) is 88.9 Å². The molecule has 0 spiro atoms. The summed E-state index contributed by atoms with van der Waals surface area (Å²) in [6.07, 6.45) is 2.42. The van der Waals surface area contributed by atoms with Crippen molar-refractivity contribution in [3.63, 3.8) is 0 Å². The summed E-state index contributed by atoms with van der Waals surface area (Å²) >= 11 is 0. The fourth-order valence-electron chi connectivity index (χ4n) is 2.98. The van der Waals surface area contributed by atoms with E-state index < -0.39 is 10.1 Å². The van der Waals surface area contributed by atoms with Crippen molar-refractivity contribution in [3.8, 4) is 5.75 Å². The zero-order valence-electron chi connectivity index (χ0n) is 17.6. The standard InChI is InChI=1S/C23H26N2O5S/c1-3-18-8-5-10-20(14-18)24-23(26)25(17-22-12-7-13-29-22)16-19-9-6-11-21(15-19)30-31(27,28)4-2/h5-15H,3-4,16-17H2,1-2H3,(H,24,26). The van der Waals surface area contributed by atoms with Crippen LogP contribution in [0.15, 0.2) is 71.3 Å². The summed E-state index contributed by atoms with van der Waals surface area (Å²) in [6, 6.07) is 17.7. The lowest BCUT2D eigenvalue weighted by Crippen LogP contribution is -2.34. The third kappa shape index (κ3) is 6.62. The van der Waals surface area contributed by atoms with Crippen LogP contribution in [-0.4, -0.2) is 25.1 Å². The van der Waals surface area contributed by atoms with Crippen LogP contribution >= 0.6 is 0 Å². The van der Waals surface area contributed by atoms with Gasteiger partial charge in [0.05, 0.1) is 18.6 Å². The molecule has 7 nitrogen and oxygen atoms in total. The Morgan fingerprint density at radius 1 is 1.00 bits per heavy atom. The summed E-state index contributed by atoms with van der Waals surface area (Å²) in [5.74, 6) is 0.730. The summed E-state index contributed by atoms with van der Waals surface area (Å²) in [4.78, 5) is 14.6. The van der Waals surface area contributed by atoms with E-state index in [1.807, 2.05) is 30.3 Å². The van der Waals surface area contributed by atoms with Gasteiger partial charge in [-0.3, -0.25) is 0 Å². The van der Waals surface area contributed by atoms with E-state index in [2.05, 4.69) is 12.2 Å². The summed E-state index contributed by atoms with van der Waals surface area (Å²) < 4.78 is 34.0. The molecule has 0 aliphatic carbocycles. The molecule has 2 amide bonds. The Morgan fingerprint density at radius 3 is 2.48 bits per heavy atom. The molecule has 31 heavy (non-hydrogen) atoms. The van der Waals surface area contributed by atoms with Crippen molar-refractivity contribution in [2.75, 3.05) is 11.1 Å². The van der Waals surface area contributed by atoms with Gasteiger partial charge in [0, 0.05) is 12.2 Å². The third-order valence-electron chi connectivity index (χ3n) is 4.65. The van der Waals surface area contributed by atoms with Gasteiger partial charge >= 0.3 is 16.1 Å². The molecule has 1 N–H and O–H groups in total. The molecule has 3 rings (SSSR count). The van der Waals surface area contributed by atoms with Crippen LogP contribution in [-0.2, 0) is 29.6 Å². The minimum Gasteiger partial charge on any atom is -0.467 e. The quantitative estimate of drug-likeness (QED) is 0.481. The maximum absolute atomic E-state index is 13.0. The number of anilines is 1. The van der Waals surface area contributed by atoms with Gasteiger partial charge in [0.15, 0.2) is 0 Å². The number of carbonyl (C=O) groups is 1. The monoisotopic (exact) mass is 442 g/mol. The second-order valence-corrected chi connectivity index (χ2v) is 8.86. The molecule has 1 heterocycles. The molecule has 1 aromatic heterocycles. The first-order chi connectivity index (χ1) is 14.9. The van der Waals surface area contributed by atoms with Gasteiger partial charge in [-0.25, -0.2) is 4.79 Å². The van der Waals surface area contributed by atoms with Crippen molar-refractivity contribution in [1.29, 1.82) is 0 Å². The molecule has 8 heteroatoms. The molecule has 0 aliphatic heterocycles. The second-order valence-electron chi connectivity index (χ2n) is 7.00. The molecule has 0 atom stereocenters. The first kappa shape index (κ1) is 22.4. The van der Waals surface area contributed by atoms with Crippen LogP contribution in [0.2, 0.25) is 0 Å². The summed E-state index contributed by atoms with van der Waals surface area (Å²) in [5.41, 5.74) is 2.56. The minimum absolute atomic E-state index is 0.124. The molecule has 0 saturated heterocycles. The number of rotatable bonds is 9. The van der Waals surface area contributed by atoms with E-state index in [-0.39, 0.29) is 30.6 Å². The van der Waals surface area contributed by atoms with Crippen LogP contribution < -0.4 is 9.50 Å². The molecule has 0 unspecified atom stereocenters. The molecule has 0 aliphatic rings. The zero-order valence-corrected chi connectivity index (χ0v) is 18.4. The van der Waals surface area contributed by atoms with Crippen molar-refractivity contribution in [3.05, 3.63) is 83.8 Å². The number of nitrogens with one attached hydrogen (secondary N) is 1. The second kappa shape index (κ2) is 10.2. The number of amides is 2. The van der Waals surface area contributed by atoms with Gasteiger partial charge in [-0.1, -0.05) is 31.2 Å². The Morgan fingerprint density at radius 2 is 1.77 bits per heavy atom. The molecule has 2 aromatic carbocycles. The van der Waals surface area contributed by atoms with Gasteiger partial charge in [-0.2, -0.15) is 8.42 Å². The van der Waals surface area contributed by atoms with Crippen LogP contribution in [0.3, 0.4) is 0 Å². The molecule has 0 radical (unpaired) electrons. The third-order valence-corrected chi connectivity index (χ3v) is 5.80. The lowest BCUT2D eigenvalue weighted by Gasteiger charge is -2.23. The number of aryl methyl sites for hydroxylation is 1. The highest BCUT2D eigenvalue weighted by Crippen LogP contribution is 2.20. The van der Waals surface area contributed by atoms with Crippen molar-refractivity contribution in [2.45, 2.75) is 33.4 Å². The van der Waals surface area contributed by atoms with Gasteiger partial charge in [-0.05, 0) is 60.9 Å². The number of furan rings is 1. The average Bonchev–Trinajstić information content (AvgIpc) is 3.26. The molecule has 164 valence electrons. The lowest BCUT2D eigenvalue weighted by molar-refractivity contribution is 0.201. The zero-order chi connectivity index (χ0) is 22.3. The Balaban J connectivity index is 1.79. The van der Waals surface area contributed by atoms with Crippen molar-refractivity contribution in [2.24, 2.45) is 0 Å². The smallest absolute Gasteiger partial charge is 0.322 e. The van der Waals surface area contributed by atoms with E-state index in [9.17, 15) is 13.2 Å². The van der Waals surface area contributed by atoms with Crippen LogP contribution in [0.4, 0.5) is 10.5 Å². The van der Waals surface area contributed by atoms with Gasteiger partial charge in [0.1, 0.15) is 11.5 Å². The van der Waals surface area contributed by atoms with E-state index in [1.165, 1.54) is 6.92 Å². The average molecular weight is 443 g/mol. The Bertz CT molecular complexity index is 1110.